The van der Waals surface area contributed by atoms with Crippen molar-refractivity contribution in [2.24, 2.45) is 0 Å². The largest absolute Gasteiger partial charge is 0.459 e. The molecular weight excluding hydrogens is 314 g/mol. The van der Waals surface area contributed by atoms with E-state index in [9.17, 15) is 4.79 Å². The first-order valence-corrected chi connectivity index (χ1v) is 8.15. The molecule has 0 aliphatic carbocycles. The zero-order chi connectivity index (χ0) is 16.4. The summed E-state index contributed by atoms with van der Waals surface area (Å²) in [5.41, 5.74) is 1.35. The molecule has 6 nitrogen and oxygen atoms in total. The minimum Gasteiger partial charge on any atom is -0.459 e. The fraction of sp³-hybridized carbons (Fsp3) is 0.312. The lowest BCUT2D eigenvalue weighted by Gasteiger charge is -2.18. The van der Waals surface area contributed by atoms with Gasteiger partial charge in [-0.2, -0.15) is 0 Å². The Morgan fingerprint density at radius 3 is 2.87 bits per heavy atom. The van der Waals surface area contributed by atoms with Gasteiger partial charge in [0, 0.05) is 17.1 Å². The molecule has 3 rings (SSSR count). The minimum absolute atomic E-state index is 0.132. The third-order valence-electron chi connectivity index (χ3n) is 2.96. The highest BCUT2D eigenvalue weighted by Crippen LogP contribution is 2.29. The topological polar surface area (TPSA) is 81.0 Å². The highest BCUT2D eigenvalue weighted by atomic mass is 32.2. The van der Waals surface area contributed by atoms with Gasteiger partial charge in [0.15, 0.2) is 0 Å². The van der Waals surface area contributed by atoms with Crippen molar-refractivity contribution >= 4 is 28.6 Å². The highest BCUT2D eigenvalue weighted by Gasteiger charge is 2.18. The molecule has 0 unspecified atom stereocenters. The number of nitrogens with one attached hydrogen (secondary N) is 1. The van der Waals surface area contributed by atoms with Crippen molar-refractivity contribution in [1.82, 2.24) is 15.2 Å². The first kappa shape index (κ1) is 15.6. The second kappa shape index (κ2) is 6.08. The lowest BCUT2D eigenvalue weighted by Crippen LogP contribution is -2.24. The molecule has 0 aliphatic rings. The summed E-state index contributed by atoms with van der Waals surface area (Å²) >= 11 is 1.17. The van der Waals surface area contributed by atoms with Gasteiger partial charge in [0.2, 0.25) is 0 Å². The SMILES string of the molecule is CC(C)(C)OC(=O)CSc1nnc(-c2c[nH]c3ccccc23)o1. The van der Waals surface area contributed by atoms with E-state index in [0.29, 0.717) is 11.1 Å². The first-order valence-electron chi connectivity index (χ1n) is 7.17. The summed E-state index contributed by atoms with van der Waals surface area (Å²) in [5, 5.41) is 9.38. The maximum Gasteiger partial charge on any atom is 0.316 e. The van der Waals surface area contributed by atoms with E-state index in [4.69, 9.17) is 9.15 Å². The molecule has 0 spiro atoms. The van der Waals surface area contributed by atoms with Crippen LogP contribution in [0.5, 0.6) is 0 Å². The van der Waals surface area contributed by atoms with Crippen LogP contribution < -0.4 is 0 Å². The van der Waals surface area contributed by atoms with Crippen LogP contribution in [0.4, 0.5) is 0 Å². The maximum absolute atomic E-state index is 11.7. The Bertz CT molecular complexity index is 832. The molecule has 0 aliphatic heterocycles. The fourth-order valence-corrected chi connectivity index (χ4v) is 2.65. The fourth-order valence-electron chi connectivity index (χ4n) is 2.12. The van der Waals surface area contributed by atoms with Crippen molar-refractivity contribution in [3.63, 3.8) is 0 Å². The molecule has 3 aromatic rings. The highest BCUT2D eigenvalue weighted by molar-refractivity contribution is 7.99. The Balaban J connectivity index is 1.70. The molecule has 1 N–H and O–H groups in total. The molecule has 120 valence electrons. The maximum atomic E-state index is 11.7. The van der Waals surface area contributed by atoms with Crippen molar-refractivity contribution in [1.29, 1.82) is 0 Å². The van der Waals surface area contributed by atoms with Crippen LogP contribution in [-0.2, 0) is 9.53 Å². The minimum atomic E-state index is -0.498. The number of carbonyl (C=O) groups excluding carboxylic acids is 1. The van der Waals surface area contributed by atoms with E-state index in [1.54, 1.807) is 0 Å². The smallest absolute Gasteiger partial charge is 0.316 e. The van der Waals surface area contributed by atoms with Crippen molar-refractivity contribution in [2.75, 3.05) is 5.75 Å². The number of ether oxygens (including phenoxy) is 1. The molecule has 23 heavy (non-hydrogen) atoms. The van der Waals surface area contributed by atoms with Crippen LogP contribution in [0.2, 0.25) is 0 Å². The summed E-state index contributed by atoms with van der Waals surface area (Å²) in [7, 11) is 0. The van der Waals surface area contributed by atoms with Crippen molar-refractivity contribution < 1.29 is 13.9 Å². The predicted octanol–water partition coefficient (Wildman–Crippen LogP) is 3.65. The number of thioether (sulfide) groups is 1. The molecule has 0 fully saturated rings. The molecule has 2 heterocycles. The van der Waals surface area contributed by atoms with Crippen LogP contribution in [-0.4, -0.2) is 32.5 Å². The zero-order valence-electron chi connectivity index (χ0n) is 13.1. The Morgan fingerprint density at radius 2 is 2.09 bits per heavy atom. The van der Waals surface area contributed by atoms with E-state index in [2.05, 4.69) is 15.2 Å². The van der Waals surface area contributed by atoms with Crippen LogP contribution in [0.1, 0.15) is 20.8 Å². The molecule has 0 saturated carbocycles. The lowest BCUT2D eigenvalue weighted by molar-refractivity contribution is -0.151. The third kappa shape index (κ3) is 3.73. The number of aromatic amines is 1. The van der Waals surface area contributed by atoms with Crippen LogP contribution in [0.15, 0.2) is 40.1 Å². The molecule has 7 heteroatoms. The summed E-state index contributed by atoms with van der Waals surface area (Å²) in [6.45, 7) is 5.49. The average Bonchev–Trinajstić information content (AvgIpc) is 3.09. The summed E-state index contributed by atoms with van der Waals surface area (Å²) < 4.78 is 10.9. The molecule has 0 atom stereocenters. The molecular formula is C16H17N3O3S. The van der Waals surface area contributed by atoms with Crippen molar-refractivity contribution in [3.8, 4) is 11.5 Å². The van der Waals surface area contributed by atoms with Gasteiger partial charge in [-0.25, -0.2) is 0 Å². The molecule has 1 aromatic carbocycles. The number of H-pyrrole nitrogens is 1. The number of esters is 1. The average molecular weight is 331 g/mol. The zero-order valence-corrected chi connectivity index (χ0v) is 13.9. The van der Waals surface area contributed by atoms with Gasteiger partial charge in [-0.1, -0.05) is 30.0 Å². The second-order valence-electron chi connectivity index (χ2n) is 6.00. The van der Waals surface area contributed by atoms with E-state index in [1.807, 2.05) is 51.2 Å². The van der Waals surface area contributed by atoms with Crippen molar-refractivity contribution in [2.45, 2.75) is 31.6 Å². The second-order valence-corrected chi connectivity index (χ2v) is 6.92. The summed E-state index contributed by atoms with van der Waals surface area (Å²) in [4.78, 5) is 14.9. The number of rotatable bonds is 4. The van der Waals surface area contributed by atoms with E-state index in [1.165, 1.54) is 11.8 Å². The number of nitrogens with zero attached hydrogens (tertiary/aromatic N) is 2. The van der Waals surface area contributed by atoms with Gasteiger partial charge in [-0.05, 0) is 26.8 Å². The van der Waals surface area contributed by atoms with Gasteiger partial charge < -0.3 is 14.1 Å². The normalized spacial score (nSPS) is 11.8. The number of fused-ring (bicyclic) bond motifs is 1. The number of para-hydroxylation sites is 1. The van der Waals surface area contributed by atoms with Crippen LogP contribution in [0.25, 0.3) is 22.4 Å². The van der Waals surface area contributed by atoms with Gasteiger partial charge in [0.05, 0.1) is 5.56 Å². The Morgan fingerprint density at radius 1 is 1.30 bits per heavy atom. The quantitative estimate of drug-likeness (QED) is 0.580. The monoisotopic (exact) mass is 331 g/mol. The molecule has 0 bridgehead atoms. The number of benzene rings is 1. The Hall–Kier alpha value is -2.28. The van der Waals surface area contributed by atoms with Crippen LogP contribution in [0.3, 0.4) is 0 Å². The number of hydrogen-bond acceptors (Lipinski definition) is 6. The summed E-state index contributed by atoms with van der Waals surface area (Å²) in [6, 6.07) is 7.87. The molecule has 0 saturated heterocycles. The van der Waals surface area contributed by atoms with Crippen LogP contribution >= 0.6 is 11.8 Å². The lowest BCUT2D eigenvalue weighted by atomic mass is 10.2. The van der Waals surface area contributed by atoms with Gasteiger partial charge >= 0.3 is 5.97 Å². The number of hydrogen-bond donors (Lipinski definition) is 1. The molecule has 0 radical (unpaired) electrons. The van der Waals surface area contributed by atoms with Gasteiger partial charge in [-0.15, -0.1) is 10.2 Å². The summed E-state index contributed by atoms with van der Waals surface area (Å²) in [6.07, 6.45) is 1.83. The standard InChI is InChI=1S/C16H17N3O3S/c1-16(2,3)22-13(20)9-23-15-19-18-14(21-15)11-8-17-12-7-5-4-6-10(11)12/h4-8,17H,9H2,1-3H3. The van der Waals surface area contributed by atoms with Gasteiger partial charge in [0.1, 0.15) is 11.4 Å². The van der Waals surface area contributed by atoms with Gasteiger partial charge in [0.25, 0.3) is 11.1 Å². The Kier molecular flexibility index (Phi) is 4.12. The van der Waals surface area contributed by atoms with E-state index in [0.717, 1.165) is 16.5 Å². The van der Waals surface area contributed by atoms with Crippen LogP contribution in [0, 0.1) is 0 Å². The van der Waals surface area contributed by atoms with E-state index in [-0.39, 0.29) is 11.7 Å². The van der Waals surface area contributed by atoms with E-state index >= 15 is 0 Å². The molecule has 0 amide bonds. The first-order chi connectivity index (χ1) is 10.9. The Labute approximate surface area is 137 Å². The number of aromatic nitrogens is 3. The van der Waals surface area contributed by atoms with Crippen molar-refractivity contribution in [3.05, 3.63) is 30.5 Å². The third-order valence-corrected chi connectivity index (χ3v) is 3.75. The predicted molar refractivity (Wildman–Crippen MR) is 88.2 cm³/mol. The number of carbonyl (C=O) groups is 1. The van der Waals surface area contributed by atoms with E-state index < -0.39 is 5.60 Å². The summed E-state index contributed by atoms with van der Waals surface area (Å²) in [5.74, 6) is 0.246. The molecule has 2 aromatic heterocycles. The van der Waals surface area contributed by atoms with Gasteiger partial charge in [-0.3, -0.25) is 4.79 Å².